The number of nitrogens with two attached hydrogens (primary N) is 1. The lowest BCUT2D eigenvalue weighted by molar-refractivity contribution is -0.132. The molecule has 2 rings (SSSR count). The van der Waals surface area contributed by atoms with Crippen LogP contribution in [0.1, 0.15) is 51.4 Å². The van der Waals surface area contributed by atoms with Gasteiger partial charge in [0.2, 0.25) is 5.91 Å². The first-order valence-electron chi connectivity index (χ1n) is 6.81. The molecule has 0 unspecified atom stereocenters. The highest BCUT2D eigenvalue weighted by molar-refractivity contribution is 5.85. The lowest BCUT2D eigenvalue weighted by Gasteiger charge is -2.30. The molecule has 2 fully saturated rings. The molecule has 2 N–H and O–H groups in total. The van der Waals surface area contributed by atoms with Crippen molar-refractivity contribution in [3.05, 3.63) is 0 Å². The number of carbonyl (C=O) groups is 1. The molecule has 2 saturated carbocycles. The van der Waals surface area contributed by atoms with Gasteiger partial charge in [-0.05, 0) is 31.6 Å². The van der Waals surface area contributed by atoms with Crippen molar-refractivity contribution in [3.8, 4) is 0 Å². The quantitative estimate of drug-likeness (QED) is 0.825. The highest BCUT2D eigenvalue weighted by Crippen LogP contribution is 2.31. The normalized spacial score (nSPS) is 20.8. The van der Waals surface area contributed by atoms with Gasteiger partial charge >= 0.3 is 0 Å². The maximum atomic E-state index is 11.9. The molecule has 2 aliphatic rings. The van der Waals surface area contributed by atoms with Crippen LogP contribution in [0.2, 0.25) is 0 Å². The molecule has 0 bridgehead atoms. The molecular weight excluding hydrogens is 236 g/mol. The third-order valence-electron chi connectivity index (χ3n) is 3.85. The van der Waals surface area contributed by atoms with E-state index in [-0.39, 0.29) is 18.3 Å². The summed E-state index contributed by atoms with van der Waals surface area (Å²) in [5.74, 6) is 1.05. The van der Waals surface area contributed by atoms with Gasteiger partial charge in [-0.3, -0.25) is 4.79 Å². The smallest absolute Gasteiger partial charge is 0.224 e. The Labute approximate surface area is 111 Å². The van der Waals surface area contributed by atoms with E-state index in [2.05, 4.69) is 4.90 Å². The van der Waals surface area contributed by atoms with Crippen LogP contribution in [0.25, 0.3) is 0 Å². The van der Waals surface area contributed by atoms with Crippen LogP contribution in [0.5, 0.6) is 0 Å². The molecule has 0 atom stereocenters. The van der Waals surface area contributed by atoms with E-state index in [4.69, 9.17) is 5.73 Å². The van der Waals surface area contributed by atoms with Crippen LogP contribution >= 0.6 is 12.4 Å². The zero-order valence-electron chi connectivity index (χ0n) is 10.6. The first-order chi connectivity index (χ1) is 7.81. The lowest BCUT2D eigenvalue weighted by Crippen LogP contribution is -2.38. The number of nitrogens with zero attached hydrogens (tertiary/aromatic N) is 1. The summed E-state index contributed by atoms with van der Waals surface area (Å²) in [5.41, 5.74) is 5.47. The number of rotatable bonds is 5. The number of hydrogen-bond acceptors (Lipinski definition) is 2. The van der Waals surface area contributed by atoms with E-state index in [1.165, 1.54) is 44.9 Å². The molecule has 4 heteroatoms. The first kappa shape index (κ1) is 14.8. The molecule has 0 aliphatic heterocycles. The van der Waals surface area contributed by atoms with Gasteiger partial charge in [-0.25, -0.2) is 0 Å². The molecule has 0 radical (unpaired) electrons. The lowest BCUT2D eigenvalue weighted by atomic mass is 9.89. The Morgan fingerprint density at radius 1 is 1.12 bits per heavy atom. The standard InChI is InChI=1S/C13H24N2O.ClH/c14-9-8-13(16)15(12-6-7-12)10-11-4-2-1-3-5-11;/h11-12H,1-10,14H2;1H. The maximum absolute atomic E-state index is 11.9. The second kappa shape index (κ2) is 7.22. The molecule has 0 aromatic carbocycles. The van der Waals surface area contributed by atoms with E-state index < -0.39 is 0 Å². The van der Waals surface area contributed by atoms with Gasteiger partial charge in [0, 0.05) is 25.6 Å². The zero-order valence-corrected chi connectivity index (χ0v) is 11.4. The van der Waals surface area contributed by atoms with Crippen LogP contribution in [-0.2, 0) is 4.79 Å². The molecule has 2 aliphatic carbocycles. The zero-order chi connectivity index (χ0) is 11.4. The molecule has 0 aromatic heterocycles. The maximum Gasteiger partial charge on any atom is 0.224 e. The first-order valence-corrected chi connectivity index (χ1v) is 6.81. The Morgan fingerprint density at radius 3 is 2.29 bits per heavy atom. The second-order valence-corrected chi connectivity index (χ2v) is 5.32. The largest absolute Gasteiger partial charge is 0.339 e. The fourth-order valence-corrected chi connectivity index (χ4v) is 2.76. The number of halogens is 1. The van der Waals surface area contributed by atoms with Crippen molar-refractivity contribution < 1.29 is 4.79 Å². The van der Waals surface area contributed by atoms with Gasteiger partial charge < -0.3 is 10.6 Å². The van der Waals surface area contributed by atoms with Crippen molar-refractivity contribution in [2.45, 2.75) is 57.4 Å². The third-order valence-corrected chi connectivity index (χ3v) is 3.85. The summed E-state index contributed by atoms with van der Waals surface area (Å²) >= 11 is 0. The summed E-state index contributed by atoms with van der Waals surface area (Å²) < 4.78 is 0. The molecule has 1 amide bonds. The topological polar surface area (TPSA) is 46.3 Å². The predicted molar refractivity (Wildman–Crippen MR) is 72.2 cm³/mol. The Hall–Kier alpha value is -0.280. The summed E-state index contributed by atoms with van der Waals surface area (Å²) in [5, 5.41) is 0. The van der Waals surface area contributed by atoms with Gasteiger partial charge in [0.15, 0.2) is 0 Å². The molecule has 3 nitrogen and oxygen atoms in total. The van der Waals surface area contributed by atoms with E-state index in [9.17, 15) is 4.79 Å². The van der Waals surface area contributed by atoms with Crippen molar-refractivity contribution in [3.63, 3.8) is 0 Å². The highest BCUT2D eigenvalue weighted by atomic mass is 35.5. The van der Waals surface area contributed by atoms with Crippen LogP contribution in [0.4, 0.5) is 0 Å². The highest BCUT2D eigenvalue weighted by Gasteiger charge is 2.33. The van der Waals surface area contributed by atoms with Crippen LogP contribution in [0.3, 0.4) is 0 Å². The molecule has 0 heterocycles. The number of amides is 1. The summed E-state index contributed by atoms with van der Waals surface area (Å²) in [7, 11) is 0. The minimum atomic E-state index is 0. The van der Waals surface area contributed by atoms with Gasteiger partial charge in [0.25, 0.3) is 0 Å². The van der Waals surface area contributed by atoms with Gasteiger partial charge in [0.05, 0.1) is 0 Å². The Balaban J connectivity index is 0.00000144. The van der Waals surface area contributed by atoms with Crippen molar-refractivity contribution >= 4 is 18.3 Å². The van der Waals surface area contributed by atoms with Gasteiger partial charge in [-0.2, -0.15) is 0 Å². The van der Waals surface area contributed by atoms with Crippen LogP contribution in [-0.4, -0.2) is 29.9 Å². The minimum Gasteiger partial charge on any atom is -0.339 e. The van der Waals surface area contributed by atoms with Gasteiger partial charge in [-0.1, -0.05) is 19.3 Å². The fourth-order valence-electron chi connectivity index (χ4n) is 2.76. The van der Waals surface area contributed by atoms with Crippen molar-refractivity contribution in [1.82, 2.24) is 4.90 Å². The van der Waals surface area contributed by atoms with Crippen LogP contribution in [0.15, 0.2) is 0 Å². The Kier molecular flexibility index (Phi) is 6.28. The molecular formula is C13H25ClN2O. The van der Waals surface area contributed by atoms with E-state index in [0.29, 0.717) is 19.0 Å². The summed E-state index contributed by atoms with van der Waals surface area (Å²) in [6, 6.07) is 0.556. The molecule has 0 saturated heterocycles. The van der Waals surface area contributed by atoms with Gasteiger partial charge in [0.1, 0.15) is 0 Å². The van der Waals surface area contributed by atoms with E-state index in [0.717, 1.165) is 12.5 Å². The summed E-state index contributed by atoms with van der Waals surface area (Å²) in [4.78, 5) is 14.1. The summed E-state index contributed by atoms with van der Waals surface area (Å²) in [6.45, 7) is 1.50. The molecule has 100 valence electrons. The van der Waals surface area contributed by atoms with E-state index in [1.807, 2.05) is 0 Å². The predicted octanol–water partition coefficient (Wildman–Crippen LogP) is 2.33. The SMILES string of the molecule is Cl.NCCC(=O)N(CC1CCCCC1)C1CC1. The average molecular weight is 261 g/mol. The molecule has 0 spiro atoms. The second-order valence-electron chi connectivity index (χ2n) is 5.32. The van der Waals surface area contributed by atoms with Crippen LogP contribution < -0.4 is 5.73 Å². The Morgan fingerprint density at radius 2 is 1.76 bits per heavy atom. The number of carbonyl (C=O) groups excluding carboxylic acids is 1. The van der Waals surface area contributed by atoms with E-state index in [1.54, 1.807) is 0 Å². The van der Waals surface area contributed by atoms with E-state index >= 15 is 0 Å². The average Bonchev–Trinajstić information content (AvgIpc) is 3.11. The summed E-state index contributed by atoms with van der Waals surface area (Å²) in [6.07, 6.45) is 9.69. The monoisotopic (exact) mass is 260 g/mol. The third kappa shape index (κ3) is 4.47. The van der Waals surface area contributed by atoms with Crippen molar-refractivity contribution in [2.75, 3.05) is 13.1 Å². The number of hydrogen-bond donors (Lipinski definition) is 1. The molecule has 0 aromatic rings. The minimum absolute atomic E-state index is 0. The van der Waals surface area contributed by atoms with Crippen molar-refractivity contribution in [2.24, 2.45) is 11.7 Å². The van der Waals surface area contributed by atoms with Crippen LogP contribution in [0, 0.1) is 5.92 Å². The molecule has 17 heavy (non-hydrogen) atoms. The Bertz CT molecular complexity index is 238. The van der Waals surface area contributed by atoms with Crippen molar-refractivity contribution in [1.29, 1.82) is 0 Å². The van der Waals surface area contributed by atoms with Gasteiger partial charge in [-0.15, -0.1) is 12.4 Å². The fraction of sp³-hybridized carbons (Fsp3) is 0.923.